The molecule has 0 aliphatic rings. The van der Waals surface area contributed by atoms with Gasteiger partial charge in [-0.1, -0.05) is 11.6 Å². The molecule has 6 nitrogen and oxygen atoms in total. The molecule has 0 aliphatic carbocycles. The van der Waals surface area contributed by atoms with Crippen molar-refractivity contribution in [2.75, 3.05) is 5.32 Å². The van der Waals surface area contributed by atoms with Crippen LogP contribution in [-0.2, 0) is 5.54 Å². The number of hydrogen-bond donors (Lipinski definition) is 1. The van der Waals surface area contributed by atoms with Crippen LogP contribution in [0.5, 0.6) is 0 Å². The fraction of sp³-hybridized carbons (Fsp3) is 0.167. The molecule has 0 radical (unpaired) electrons. The van der Waals surface area contributed by atoms with Gasteiger partial charge < -0.3 is 5.32 Å². The highest BCUT2D eigenvalue weighted by Crippen LogP contribution is 2.30. The minimum Gasteiger partial charge on any atom is -0.322 e. The Morgan fingerprint density at radius 1 is 1.09 bits per heavy atom. The third-order valence-electron chi connectivity index (χ3n) is 4.86. The lowest BCUT2D eigenvalue weighted by atomic mass is 10.0. The van der Waals surface area contributed by atoms with Gasteiger partial charge in [0.1, 0.15) is 5.82 Å². The van der Waals surface area contributed by atoms with E-state index in [1.807, 2.05) is 20.8 Å². The van der Waals surface area contributed by atoms with Crippen molar-refractivity contribution >= 4 is 40.3 Å². The van der Waals surface area contributed by atoms with Gasteiger partial charge in [0, 0.05) is 28.4 Å². The van der Waals surface area contributed by atoms with Crippen molar-refractivity contribution in [2.45, 2.75) is 26.3 Å². The largest absolute Gasteiger partial charge is 0.322 e. The second-order valence-corrected chi connectivity index (χ2v) is 9.61. The van der Waals surface area contributed by atoms with Crippen molar-refractivity contribution in [1.29, 1.82) is 0 Å². The molecule has 2 aromatic heterocycles. The number of aromatic nitrogens is 3. The molecule has 0 fully saturated rings. The van der Waals surface area contributed by atoms with E-state index >= 15 is 0 Å². The highest BCUT2D eigenvalue weighted by molar-refractivity contribution is 7.11. The van der Waals surface area contributed by atoms with Crippen LogP contribution in [0.25, 0.3) is 11.3 Å². The molecular formula is C24H20ClFN4O2S. The highest BCUT2D eigenvalue weighted by atomic mass is 35.5. The first-order valence-electron chi connectivity index (χ1n) is 10.0. The summed E-state index contributed by atoms with van der Waals surface area (Å²) >= 11 is 7.44. The Hall–Kier alpha value is -3.36. The maximum Gasteiger partial charge on any atom is 0.259 e. The van der Waals surface area contributed by atoms with Gasteiger partial charge in [-0.05, 0) is 63.2 Å². The number of anilines is 1. The lowest BCUT2D eigenvalue weighted by molar-refractivity contribution is 0.102. The number of carbonyl (C=O) groups excluding carboxylic acids is 2. The van der Waals surface area contributed by atoms with Crippen molar-refractivity contribution < 1.29 is 14.0 Å². The van der Waals surface area contributed by atoms with Crippen LogP contribution < -0.4 is 5.32 Å². The number of rotatable bonds is 5. The minimum atomic E-state index is -0.421. The molecule has 9 heteroatoms. The highest BCUT2D eigenvalue weighted by Gasteiger charge is 2.26. The van der Waals surface area contributed by atoms with Gasteiger partial charge in [0.05, 0.1) is 28.0 Å². The van der Waals surface area contributed by atoms with Gasteiger partial charge in [-0.25, -0.2) is 9.37 Å². The Balaban J connectivity index is 1.70. The molecule has 4 aromatic rings. The van der Waals surface area contributed by atoms with Crippen molar-refractivity contribution in [2.24, 2.45) is 0 Å². The predicted octanol–water partition coefficient (Wildman–Crippen LogP) is 6.04. The number of ketones is 1. The molecular weight excluding hydrogens is 463 g/mol. The summed E-state index contributed by atoms with van der Waals surface area (Å²) in [6.07, 6.45) is 3.03. The van der Waals surface area contributed by atoms with Crippen LogP contribution >= 0.6 is 22.9 Å². The first-order chi connectivity index (χ1) is 15.6. The number of benzene rings is 2. The molecule has 0 aliphatic heterocycles. The van der Waals surface area contributed by atoms with E-state index < -0.39 is 11.4 Å². The zero-order chi connectivity index (χ0) is 23.8. The number of halogens is 2. The maximum absolute atomic E-state index is 13.5. The first-order valence-corrected chi connectivity index (χ1v) is 11.3. The van der Waals surface area contributed by atoms with E-state index in [0.29, 0.717) is 27.5 Å². The summed E-state index contributed by atoms with van der Waals surface area (Å²) in [6.45, 7) is 5.89. The van der Waals surface area contributed by atoms with E-state index in [-0.39, 0.29) is 22.2 Å². The normalized spacial score (nSPS) is 11.4. The summed E-state index contributed by atoms with van der Waals surface area (Å²) in [7, 11) is 0. The summed E-state index contributed by atoms with van der Waals surface area (Å²) in [5.41, 5.74) is 1.76. The third-order valence-corrected chi connectivity index (χ3v) is 5.96. The Morgan fingerprint density at radius 3 is 2.45 bits per heavy atom. The van der Waals surface area contributed by atoms with Crippen LogP contribution in [0.2, 0.25) is 5.02 Å². The summed E-state index contributed by atoms with van der Waals surface area (Å²) in [6, 6.07) is 10.6. The predicted molar refractivity (Wildman–Crippen MR) is 128 cm³/mol. The van der Waals surface area contributed by atoms with Crippen molar-refractivity contribution in [3.05, 3.63) is 87.2 Å². The average molecular weight is 483 g/mol. The van der Waals surface area contributed by atoms with Crippen LogP contribution in [0.3, 0.4) is 0 Å². The average Bonchev–Trinajstić information content (AvgIpc) is 3.45. The number of hydrogen-bond acceptors (Lipinski definition) is 5. The van der Waals surface area contributed by atoms with E-state index in [0.717, 1.165) is 0 Å². The standard InChI is InChI=1S/C24H20ClFN4O2S/c1-24(2,3)30-20(14-4-6-15(26)7-5-14)18(13-28-30)22(32)29-16-8-9-19(25)17(12-16)21(31)23-27-10-11-33-23/h4-13H,1-3H3,(H,29,32). The zero-order valence-electron chi connectivity index (χ0n) is 18.1. The second-order valence-electron chi connectivity index (χ2n) is 8.31. The zero-order valence-corrected chi connectivity index (χ0v) is 19.7. The molecule has 2 aromatic carbocycles. The summed E-state index contributed by atoms with van der Waals surface area (Å²) in [5.74, 6) is -1.11. The van der Waals surface area contributed by atoms with Crippen molar-refractivity contribution in [1.82, 2.24) is 14.8 Å². The lowest BCUT2D eigenvalue weighted by Crippen LogP contribution is -2.24. The number of nitrogens with one attached hydrogen (secondary N) is 1. The molecule has 0 atom stereocenters. The third kappa shape index (κ3) is 4.72. The van der Waals surface area contributed by atoms with Crippen LogP contribution in [-0.4, -0.2) is 26.5 Å². The molecule has 168 valence electrons. The fourth-order valence-corrected chi connectivity index (χ4v) is 4.13. The SMILES string of the molecule is CC(C)(C)n1ncc(C(=O)Nc2ccc(Cl)c(C(=O)c3nccs3)c2)c1-c1ccc(F)cc1. The van der Waals surface area contributed by atoms with E-state index in [2.05, 4.69) is 15.4 Å². The smallest absolute Gasteiger partial charge is 0.259 e. The number of amides is 1. The molecule has 33 heavy (non-hydrogen) atoms. The monoisotopic (exact) mass is 482 g/mol. The van der Waals surface area contributed by atoms with Gasteiger partial charge in [-0.2, -0.15) is 5.10 Å². The van der Waals surface area contributed by atoms with Crippen LogP contribution in [0.15, 0.2) is 60.2 Å². The Bertz CT molecular complexity index is 1330. The Kier molecular flexibility index (Phi) is 6.14. The molecule has 4 rings (SSSR count). The lowest BCUT2D eigenvalue weighted by Gasteiger charge is -2.23. The van der Waals surface area contributed by atoms with E-state index in [1.165, 1.54) is 35.7 Å². The van der Waals surface area contributed by atoms with Gasteiger partial charge in [0.15, 0.2) is 5.01 Å². The quantitative estimate of drug-likeness (QED) is 0.352. The summed E-state index contributed by atoms with van der Waals surface area (Å²) in [4.78, 5) is 30.0. The minimum absolute atomic E-state index is 0.244. The summed E-state index contributed by atoms with van der Waals surface area (Å²) < 4.78 is 15.2. The number of nitrogens with zero attached hydrogens (tertiary/aromatic N) is 3. The first kappa shape index (κ1) is 22.8. The van der Waals surface area contributed by atoms with Crippen molar-refractivity contribution in [3.8, 4) is 11.3 Å². The van der Waals surface area contributed by atoms with Gasteiger partial charge in [0.25, 0.3) is 5.91 Å². The van der Waals surface area contributed by atoms with Crippen LogP contribution in [0.1, 0.15) is 46.5 Å². The number of carbonyl (C=O) groups is 2. The van der Waals surface area contributed by atoms with E-state index in [9.17, 15) is 14.0 Å². The van der Waals surface area contributed by atoms with Crippen LogP contribution in [0, 0.1) is 5.82 Å². The van der Waals surface area contributed by atoms with Gasteiger partial charge in [0.2, 0.25) is 5.78 Å². The molecule has 0 bridgehead atoms. The van der Waals surface area contributed by atoms with Crippen molar-refractivity contribution in [3.63, 3.8) is 0 Å². The molecule has 1 N–H and O–H groups in total. The topological polar surface area (TPSA) is 76.9 Å². The van der Waals surface area contributed by atoms with Crippen LogP contribution in [0.4, 0.5) is 10.1 Å². The Labute approximate surface area is 199 Å². The molecule has 0 unspecified atom stereocenters. The molecule has 0 saturated carbocycles. The van der Waals surface area contributed by atoms with Gasteiger partial charge in [-0.15, -0.1) is 11.3 Å². The van der Waals surface area contributed by atoms with Gasteiger partial charge in [-0.3, -0.25) is 14.3 Å². The Morgan fingerprint density at radius 2 is 1.82 bits per heavy atom. The molecule has 1 amide bonds. The molecule has 2 heterocycles. The fourth-order valence-electron chi connectivity index (χ4n) is 3.34. The molecule has 0 saturated heterocycles. The summed E-state index contributed by atoms with van der Waals surface area (Å²) in [5, 5.41) is 9.52. The second kappa shape index (κ2) is 8.88. The van der Waals surface area contributed by atoms with E-state index in [1.54, 1.807) is 40.5 Å². The van der Waals surface area contributed by atoms with Gasteiger partial charge >= 0.3 is 0 Å². The maximum atomic E-state index is 13.5. The van der Waals surface area contributed by atoms with E-state index in [4.69, 9.17) is 11.6 Å². The number of thiazole rings is 1. The molecule has 0 spiro atoms.